The topological polar surface area (TPSA) is 51.3 Å². The lowest BCUT2D eigenvalue weighted by molar-refractivity contribution is 0.182. The molecule has 3 aromatic rings. The Morgan fingerprint density at radius 1 is 1.22 bits per heavy atom. The van der Waals surface area contributed by atoms with Gasteiger partial charge in [-0.2, -0.15) is 0 Å². The molecule has 1 saturated heterocycles. The van der Waals surface area contributed by atoms with Crippen molar-refractivity contribution in [1.82, 2.24) is 14.5 Å². The van der Waals surface area contributed by atoms with E-state index in [1.54, 1.807) is 22.6 Å². The molecule has 1 aliphatic heterocycles. The predicted molar refractivity (Wildman–Crippen MR) is 109 cm³/mol. The number of benzene rings is 1. The van der Waals surface area contributed by atoms with Crippen molar-refractivity contribution in [3.05, 3.63) is 58.8 Å². The Morgan fingerprint density at radius 2 is 2.11 bits per heavy atom. The van der Waals surface area contributed by atoms with Crippen LogP contribution < -0.4 is 5.56 Å². The van der Waals surface area contributed by atoms with Gasteiger partial charge in [-0.05, 0) is 57.1 Å². The van der Waals surface area contributed by atoms with Gasteiger partial charge in [0.25, 0.3) is 5.56 Å². The normalized spacial score (nSPS) is 18.2. The Balaban J connectivity index is 1.58. The van der Waals surface area contributed by atoms with Crippen molar-refractivity contribution in [2.75, 3.05) is 19.3 Å². The van der Waals surface area contributed by atoms with Gasteiger partial charge in [-0.15, -0.1) is 0 Å². The van der Waals surface area contributed by atoms with Crippen LogP contribution >= 0.6 is 11.8 Å². The first-order valence-corrected chi connectivity index (χ1v) is 10.6. The molecule has 0 radical (unpaired) electrons. The second-order valence-corrected chi connectivity index (χ2v) is 8.21. The van der Waals surface area contributed by atoms with Crippen molar-refractivity contribution < 1.29 is 4.42 Å². The molecule has 6 heteroatoms. The Kier molecular flexibility index (Phi) is 5.64. The smallest absolute Gasteiger partial charge is 0.262 e. The van der Waals surface area contributed by atoms with Gasteiger partial charge in [0.15, 0.2) is 5.16 Å². The molecule has 0 saturated carbocycles. The van der Waals surface area contributed by atoms with Crippen LogP contribution in [-0.2, 0) is 6.54 Å². The van der Waals surface area contributed by atoms with Crippen molar-refractivity contribution in [1.29, 1.82) is 0 Å². The summed E-state index contributed by atoms with van der Waals surface area (Å²) in [4.78, 5) is 20.3. The van der Waals surface area contributed by atoms with Gasteiger partial charge in [0, 0.05) is 11.8 Å². The molecule has 0 N–H and O–H groups in total. The first-order valence-electron chi connectivity index (χ1n) is 9.57. The van der Waals surface area contributed by atoms with Gasteiger partial charge >= 0.3 is 0 Å². The number of hydrogen-bond acceptors (Lipinski definition) is 5. The zero-order valence-electron chi connectivity index (χ0n) is 15.6. The molecule has 142 valence electrons. The first-order chi connectivity index (χ1) is 13.2. The predicted octanol–water partition coefficient (Wildman–Crippen LogP) is 4.00. The van der Waals surface area contributed by atoms with E-state index in [0.29, 0.717) is 18.0 Å². The number of thioether (sulfide) groups is 1. The minimum atomic E-state index is -0.00529. The lowest BCUT2D eigenvalue weighted by Crippen LogP contribution is -2.36. The van der Waals surface area contributed by atoms with Gasteiger partial charge in [-0.25, -0.2) is 4.98 Å². The number of aromatic nitrogens is 2. The van der Waals surface area contributed by atoms with Crippen LogP contribution in [0.3, 0.4) is 0 Å². The molecule has 1 aliphatic rings. The fraction of sp³-hybridized carbons (Fsp3) is 0.429. The van der Waals surface area contributed by atoms with Crippen LogP contribution in [0.4, 0.5) is 0 Å². The average Bonchev–Trinajstić information content (AvgIpc) is 3.19. The quantitative estimate of drug-likeness (QED) is 0.476. The molecule has 5 nitrogen and oxygen atoms in total. The van der Waals surface area contributed by atoms with Crippen molar-refractivity contribution >= 4 is 22.7 Å². The average molecular weight is 384 g/mol. The number of likely N-dealkylation sites (tertiary alicyclic amines) is 1. The summed E-state index contributed by atoms with van der Waals surface area (Å²) in [5.74, 6) is 1.72. The number of piperidine rings is 1. The van der Waals surface area contributed by atoms with E-state index in [-0.39, 0.29) is 5.56 Å². The molecular formula is C21H25N3O2S. The molecule has 4 rings (SSSR count). The van der Waals surface area contributed by atoms with Crippen molar-refractivity contribution in [2.45, 2.75) is 43.4 Å². The first kappa shape index (κ1) is 18.3. The number of fused-ring (bicyclic) bond motifs is 1. The zero-order chi connectivity index (χ0) is 18.6. The maximum Gasteiger partial charge on any atom is 0.262 e. The van der Waals surface area contributed by atoms with E-state index in [1.165, 1.54) is 25.8 Å². The van der Waals surface area contributed by atoms with Crippen molar-refractivity contribution in [2.24, 2.45) is 0 Å². The van der Waals surface area contributed by atoms with Crippen LogP contribution in [0.1, 0.15) is 31.4 Å². The van der Waals surface area contributed by atoms with Crippen LogP contribution in [0.15, 0.2) is 57.0 Å². The molecule has 0 bridgehead atoms. The second-order valence-electron chi connectivity index (χ2n) is 7.15. The molecule has 0 aliphatic carbocycles. The van der Waals surface area contributed by atoms with E-state index in [2.05, 4.69) is 11.9 Å². The second kappa shape index (κ2) is 8.31. The highest BCUT2D eigenvalue weighted by atomic mass is 32.2. The highest BCUT2D eigenvalue weighted by Gasteiger charge is 2.19. The molecule has 3 heterocycles. The SMILES string of the molecule is CN1CCCCC1CCSc1nc2ccccc2c(=O)n1Cc1ccco1. The Bertz CT molecular complexity index is 952. The highest BCUT2D eigenvalue weighted by Crippen LogP contribution is 2.24. The summed E-state index contributed by atoms with van der Waals surface area (Å²) >= 11 is 1.68. The fourth-order valence-corrected chi connectivity index (χ4v) is 4.79. The van der Waals surface area contributed by atoms with Gasteiger partial charge in [-0.1, -0.05) is 30.3 Å². The summed E-state index contributed by atoms with van der Waals surface area (Å²) in [7, 11) is 2.22. The van der Waals surface area contributed by atoms with Crippen LogP contribution in [-0.4, -0.2) is 39.8 Å². The molecule has 27 heavy (non-hydrogen) atoms. The zero-order valence-corrected chi connectivity index (χ0v) is 16.5. The van der Waals surface area contributed by atoms with Gasteiger partial charge in [0.1, 0.15) is 5.76 Å². The third-order valence-electron chi connectivity index (χ3n) is 5.32. The molecule has 1 fully saturated rings. The Hall–Kier alpha value is -2.05. The Morgan fingerprint density at radius 3 is 2.93 bits per heavy atom. The van der Waals surface area contributed by atoms with Gasteiger partial charge in [0.2, 0.25) is 0 Å². The lowest BCUT2D eigenvalue weighted by Gasteiger charge is -2.32. The highest BCUT2D eigenvalue weighted by molar-refractivity contribution is 7.99. The van der Waals surface area contributed by atoms with E-state index >= 15 is 0 Å². The summed E-state index contributed by atoms with van der Waals surface area (Å²) < 4.78 is 7.22. The number of furan rings is 1. The van der Waals surface area contributed by atoms with Crippen molar-refractivity contribution in [3.63, 3.8) is 0 Å². The summed E-state index contributed by atoms with van der Waals surface area (Å²) in [6.45, 7) is 1.60. The Labute approximate surface area is 163 Å². The third kappa shape index (κ3) is 4.12. The minimum absolute atomic E-state index is 0.00529. The molecule has 1 aromatic carbocycles. The third-order valence-corrected chi connectivity index (χ3v) is 6.33. The van der Waals surface area contributed by atoms with E-state index in [9.17, 15) is 4.79 Å². The summed E-state index contributed by atoms with van der Waals surface area (Å²) in [6.07, 6.45) is 6.64. The molecule has 1 unspecified atom stereocenters. The van der Waals surface area contributed by atoms with E-state index in [4.69, 9.17) is 9.40 Å². The van der Waals surface area contributed by atoms with Crippen LogP contribution in [0.5, 0.6) is 0 Å². The maximum absolute atomic E-state index is 13.1. The van der Waals surface area contributed by atoms with E-state index in [0.717, 1.165) is 28.6 Å². The molecule has 0 spiro atoms. The van der Waals surface area contributed by atoms with Crippen molar-refractivity contribution in [3.8, 4) is 0 Å². The molecule has 2 aromatic heterocycles. The molecule has 0 amide bonds. The van der Waals surface area contributed by atoms with Gasteiger partial charge in [0.05, 0.1) is 23.7 Å². The number of para-hydroxylation sites is 1. The van der Waals surface area contributed by atoms with E-state index < -0.39 is 0 Å². The van der Waals surface area contributed by atoms with Gasteiger partial charge < -0.3 is 9.32 Å². The van der Waals surface area contributed by atoms with E-state index in [1.807, 2.05) is 36.4 Å². The number of hydrogen-bond donors (Lipinski definition) is 0. The summed E-state index contributed by atoms with van der Waals surface area (Å²) in [5, 5.41) is 1.42. The number of rotatable bonds is 6. The van der Waals surface area contributed by atoms with Gasteiger partial charge in [-0.3, -0.25) is 9.36 Å². The van der Waals surface area contributed by atoms with Crippen LogP contribution in [0, 0.1) is 0 Å². The summed E-state index contributed by atoms with van der Waals surface area (Å²) in [5.41, 5.74) is 0.754. The monoisotopic (exact) mass is 383 g/mol. The van der Waals surface area contributed by atoms with Crippen LogP contribution in [0.2, 0.25) is 0 Å². The summed E-state index contributed by atoms with van der Waals surface area (Å²) in [6, 6.07) is 11.9. The maximum atomic E-state index is 13.1. The standard InChI is InChI=1S/C21H25N3O2S/c1-23-12-5-4-7-16(23)11-14-27-21-22-19-10-3-2-9-18(19)20(25)24(21)15-17-8-6-13-26-17/h2-3,6,8-10,13,16H,4-5,7,11-12,14-15H2,1H3. The largest absolute Gasteiger partial charge is 0.467 e. The number of nitrogens with zero attached hydrogens (tertiary/aromatic N) is 3. The minimum Gasteiger partial charge on any atom is -0.467 e. The molecular weight excluding hydrogens is 358 g/mol. The fourth-order valence-electron chi connectivity index (χ4n) is 3.75. The van der Waals surface area contributed by atoms with Crippen LogP contribution in [0.25, 0.3) is 10.9 Å². The lowest BCUT2D eigenvalue weighted by atomic mass is 10.0. The molecule has 1 atom stereocenters.